The van der Waals surface area contributed by atoms with E-state index in [1.807, 2.05) is 6.92 Å². The number of carboxylic acids is 1. The summed E-state index contributed by atoms with van der Waals surface area (Å²) in [4.78, 5) is 11.5. The fourth-order valence-electron chi connectivity index (χ4n) is 2.13. The molecule has 0 saturated carbocycles. The van der Waals surface area contributed by atoms with Gasteiger partial charge in [-0.3, -0.25) is 4.79 Å². The quantitative estimate of drug-likeness (QED) is 0.392. The van der Waals surface area contributed by atoms with E-state index >= 15 is 0 Å². The van der Waals surface area contributed by atoms with Gasteiger partial charge in [0.05, 0.1) is 18.1 Å². The molecular formula is C16H28O6. The van der Waals surface area contributed by atoms with Gasteiger partial charge in [0.25, 0.3) is 0 Å². The molecule has 0 aromatic carbocycles. The zero-order valence-corrected chi connectivity index (χ0v) is 13.7. The fraction of sp³-hybridized carbons (Fsp3) is 0.688. The van der Waals surface area contributed by atoms with Crippen LogP contribution in [-0.4, -0.2) is 51.1 Å². The molecule has 0 aromatic heterocycles. The molecule has 128 valence electrons. The van der Waals surface area contributed by atoms with Gasteiger partial charge in [-0.05, 0) is 18.8 Å². The van der Waals surface area contributed by atoms with Gasteiger partial charge in [-0.25, -0.2) is 0 Å². The van der Waals surface area contributed by atoms with E-state index < -0.39 is 11.9 Å². The first kappa shape index (κ1) is 20.8. The highest BCUT2D eigenvalue weighted by atomic mass is 16.7. The zero-order chi connectivity index (χ0) is 17.0. The third-order valence-corrected chi connectivity index (χ3v) is 3.42. The normalized spacial score (nSPS) is 16.5. The highest BCUT2D eigenvalue weighted by Crippen LogP contribution is 2.25. The molecule has 0 aliphatic heterocycles. The first-order valence-corrected chi connectivity index (χ1v) is 7.19. The van der Waals surface area contributed by atoms with Crippen LogP contribution < -0.4 is 0 Å². The second kappa shape index (κ2) is 12.3. The Morgan fingerprint density at radius 3 is 1.86 bits per heavy atom. The minimum Gasteiger partial charge on any atom is -0.481 e. The maximum absolute atomic E-state index is 11.5. The van der Waals surface area contributed by atoms with Crippen molar-refractivity contribution in [3.05, 3.63) is 25.3 Å². The highest BCUT2D eigenvalue weighted by Gasteiger charge is 2.29. The summed E-state index contributed by atoms with van der Waals surface area (Å²) in [6.45, 7) is 9.50. The van der Waals surface area contributed by atoms with Crippen molar-refractivity contribution in [1.82, 2.24) is 0 Å². The van der Waals surface area contributed by atoms with Crippen molar-refractivity contribution in [2.75, 3.05) is 27.8 Å². The average molecular weight is 316 g/mol. The van der Waals surface area contributed by atoms with Gasteiger partial charge in [0.2, 0.25) is 0 Å². The van der Waals surface area contributed by atoms with Crippen molar-refractivity contribution in [2.24, 2.45) is 11.8 Å². The molecule has 0 amide bonds. The predicted octanol–water partition coefficient (Wildman–Crippen LogP) is 2.45. The van der Waals surface area contributed by atoms with Gasteiger partial charge in [-0.2, -0.15) is 0 Å². The summed E-state index contributed by atoms with van der Waals surface area (Å²) in [6, 6.07) is 0. The molecule has 0 heterocycles. The third-order valence-electron chi connectivity index (χ3n) is 3.42. The topological polar surface area (TPSA) is 74.2 Å². The van der Waals surface area contributed by atoms with Gasteiger partial charge in [-0.1, -0.05) is 19.1 Å². The van der Waals surface area contributed by atoms with E-state index in [-0.39, 0.29) is 31.7 Å². The minimum absolute atomic E-state index is 0.101. The van der Waals surface area contributed by atoms with E-state index in [9.17, 15) is 9.90 Å². The smallest absolute Gasteiger partial charge is 0.306 e. The summed E-state index contributed by atoms with van der Waals surface area (Å²) >= 11 is 0. The lowest BCUT2D eigenvalue weighted by molar-refractivity contribution is -0.146. The Kier molecular flexibility index (Phi) is 11.7. The number of methoxy groups -OCH3 is 2. The number of carboxylic acid groups (broad SMARTS) is 1. The van der Waals surface area contributed by atoms with Crippen LogP contribution in [0.2, 0.25) is 0 Å². The third kappa shape index (κ3) is 8.29. The standard InChI is InChI=1S/C16H28O6/c1-6-13(21-10-19-4)8-12(3)15(16(17)18)9-14(7-2)22-11-20-5/h6-7,12-15H,1-2,8-11H2,3-5H3,(H,17,18)/t12?,13?,14-,15-/m1/s1. The Morgan fingerprint density at radius 1 is 1.05 bits per heavy atom. The number of ether oxygens (including phenoxy) is 4. The van der Waals surface area contributed by atoms with Gasteiger partial charge in [0.1, 0.15) is 13.6 Å². The van der Waals surface area contributed by atoms with E-state index in [4.69, 9.17) is 18.9 Å². The molecule has 4 atom stereocenters. The fourth-order valence-corrected chi connectivity index (χ4v) is 2.13. The summed E-state index contributed by atoms with van der Waals surface area (Å²) in [5.41, 5.74) is 0. The minimum atomic E-state index is -0.866. The van der Waals surface area contributed by atoms with Crippen LogP contribution in [0, 0.1) is 11.8 Å². The van der Waals surface area contributed by atoms with Crippen molar-refractivity contribution in [1.29, 1.82) is 0 Å². The first-order chi connectivity index (χ1) is 10.5. The molecule has 1 N–H and O–H groups in total. The number of aliphatic carboxylic acids is 1. The molecule has 22 heavy (non-hydrogen) atoms. The molecule has 6 nitrogen and oxygen atoms in total. The molecule has 0 radical (unpaired) electrons. The number of hydrogen-bond acceptors (Lipinski definition) is 5. The second-order valence-corrected chi connectivity index (χ2v) is 5.09. The van der Waals surface area contributed by atoms with Crippen LogP contribution in [0.1, 0.15) is 19.8 Å². The van der Waals surface area contributed by atoms with E-state index in [0.29, 0.717) is 12.8 Å². The Labute approximate surface area is 132 Å². The molecule has 0 fully saturated rings. The van der Waals surface area contributed by atoms with Crippen LogP contribution >= 0.6 is 0 Å². The lowest BCUT2D eigenvalue weighted by Gasteiger charge is -2.26. The Morgan fingerprint density at radius 2 is 1.50 bits per heavy atom. The molecule has 0 aliphatic carbocycles. The van der Waals surface area contributed by atoms with Crippen molar-refractivity contribution < 1.29 is 28.8 Å². The molecule has 6 heteroatoms. The zero-order valence-electron chi connectivity index (χ0n) is 13.7. The Hall–Kier alpha value is -1.21. The number of carbonyl (C=O) groups is 1. The Bertz CT molecular complexity index is 331. The van der Waals surface area contributed by atoms with Gasteiger partial charge in [0.15, 0.2) is 0 Å². The summed E-state index contributed by atoms with van der Waals surface area (Å²) in [5.74, 6) is -1.56. The maximum atomic E-state index is 11.5. The van der Waals surface area contributed by atoms with Crippen LogP contribution in [0.3, 0.4) is 0 Å². The van der Waals surface area contributed by atoms with Crippen molar-refractivity contribution in [3.63, 3.8) is 0 Å². The summed E-state index contributed by atoms with van der Waals surface area (Å²) in [6.07, 6.45) is 3.49. The van der Waals surface area contributed by atoms with Crippen LogP contribution in [0.4, 0.5) is 0 Å². The lowest BCUT2D eigenvalue weighted by atomic mass is 9.85. The average Bonchev–Trinajstić information content (AvgIpc) is 2.51. The first-order valence-electron chi connectivity index (χ1n) is 7.19. The van der Waals surface area contributed by atoms with Gasteiger partial charge >= 0.3 is 5.97 Å². The molecule has 0 bridgehead atoms. The maximum Gasteiger partial charge on any atom is 0.306 e. The highest BCUT2D eigenvalue weighted by molar-refractivity contribution is 5.70. The molecule has 0 aromatic rings. The Balaban J connectivity index is 4.66. The predicted molar refractivity (Wildman–Crippen MR) is 83.4 cm³/mol. The molecular weight excluding hydrogens is 288 g/mol. The monoisotopic (exact) mass is 316 g/mol. The van der Waals surface area contributed by atoms with Crippen LogP contribution in [-0.2, 0) is 23.7 Å². The van der Waals surface area contributed by atoms with Crippen LogP contribution in [0.25, 0.3) is 0 Å². The molecule has 2 unspecified atom stereocenters. The lowest BCUT2D eigenvalue weighted by Crippen LogP contribution is -2.30. The van der Waals surface area contributed by atoms with Gasteiger partial charge in [0, 0.05) is 14.2 Å². The molecule has 0 aliphatic rings. The van der Waals surface area contributed by atoms with Gasteiger partial charge in [-0.15, -0.1) is 13.2 Å². The second-order valence-electron chi connectivity index (χ2n) is 5.09. The summed E-state index contributed by atoms with van der Waals surface area (Å²) in [5, 5.41) is 9.46. The summed E-state index contributed by atoms with van der Waals surface area (Å²) in [7, 11) is 3.05. The van der Waals surface area contributed by atoms with E-state index in [0.717, 1.165) is 0 Å². The van der Waals surface area contributed by atoms with Crippen LogP contribution in [0.5, 0.6) is 0 Å². The SMILES string of the molecule is C=CC(CC(C)[C@@H](C[C@@H](C=C)OCOC)C(=O)O)OCOC. The molecule has 0 saturated heterocycles. The summed E-state index contributed by atoms with van der Waals surface area (Å²) < 4.78 is 20.5. The largest absolute Gasteiger partial charge is 0.481 e. The van der Waals surface area contributed by atoms with Crippen molar-refractivity contribution in [3.8, 4) is 0 Å². The molecule has 0 rings (SSSR count). The van der Waals surface area contributed by atoms with E-state index in [1.54, 1.807) is 12.2 Å². The van der Waals surface area contributed by atoms with Crippen molar-refractivity contribution in [2.45, 2.75) is 32.0 Å². The number of rotatable bonds is 14. The van der Waals surface area contributed by atoms with Crippen LogP contribution in [0.15, 0.2) is 25.3 Å². The van der Waals surface area contributed by atoms with Gasteiger partial charge < -0.3 is 24.1 Å². The van der Waals surface area contributed by atoms with E-state index in [1.165, 1.54) is 14.2 Å². The number of hydrogen-bond donors (Lipinski definition) is 1. The van der Waals surface area contributed by atoms with E-state index in [2.05, 4.69) is 13.2 Å². The molecule has 0 spiro atoms. The van der Waals surface area contributed by atoms with Crippen molar-refractivity contribution >= 4 is 5.97 Å².